The van der Waals surface area contributed by atoms with Crippen LogP contribution in [0.25, 0.3) is 0 Å². The van der Waals surface area contributed by atoms with Gasteiger partial charge in [-0.1, -0.05) is 35.9 Å². The summed E-state index contributed by atoms with van der Waals surface area (Å²) >= 11 is 6.30. The molecule has 1 saturated heterocycles. The van der Waals surface area contributed by atoms with Crippen LogP contribution < -0.4 is 5.73 Å². The molecule has 0 saturated carbocycles. The molecule has 1 heterocycles. The van der Waals surface area contributed by atoms with E-state index in [0.717, 1.165) is 36.5 Å². The fourth-order valence-corrected chi connectivity index (χ4v) is 6.33. The number of anilines is 1. The van der Waals surface area contributed by atoms with Crippen LogP contribution >= 0.6 is 11.6 Å². The highest BCUT2D eigenvalue weighted by Gasteiger charge is 2.29. The van der Waals surface area contributed by atoms with Gasteiger partial charge in [0.05, 0.1) is 21.9 Å². The van der Waals surface area contributed by atoms with Crippen molar-refractivity contribution in [3.63, 3.8) is 0 Å². The van der Waals surface area contributed by atoms with Gasteiger partial charge in [0.25, 0.3) is 0 Å². The summed E-state index contributed by atoms with van der Waals surface area (Å²) < 4.78 is 44.4. The zero-order valence-corrected chi connectivity index (χ0v) is 27.1. The molecule has 3 N–H and O–H groups in total. The Morgan fingerprint density at radius 2 is 1.78 bits per heavy atom. The minimum absolute atomic E-state index is 0.00161. The number of benzene rings is 3. The van der Waals surface area contributed by atoms with Gasteiger partial charge in [-0.2, -0.15) is 0 Å². The number of nitrogens with two attached hydrogens (primary N) is 1. The Balaban J connectivity index is 1.54. The zero-order valence-electron chi connectivity index (χ0n) is 25.6. The van der Waals surface area contributed by atoms with E-state index in [-0.39, 0.29) is 34.1 Å². The van der Waals surface area contributed by atoms with Gasteiger partial charge in [-0.25, -0.2) is 18.0 Å². The summed E-state index contributed by atoms with van der Waals surface area (Å²) in [5.41, 5.74) is 6.22. The minimum atomic E-state index is -4.00. The Morgan fingerprint density at radius 1 is 1.07 bits per heavy atom. The van der Waals surface area contributed by atoms with E-state index in [9.17, 15) is 23.1 Å². The van der Waals surface area contributed by atoms with E-state index in [1.807, 2.05) is 18.2 Å². The monoisotopic (exact) mass is 658 g/mol. The van der Waals surface area contributed by atoms with Gasteiger partial charge in [0.1, 0.15) is 11.7 Å². The first-order valence-electron chi connectivity index (χ1n) is 14.7. The lowest BCUT2D eigenvalue weighted by Crippen LogP contribution is -2.41. The zero-order chi connectivity index (χ0) is 32.8. The highest BCUT2D eigenvalue weighted by molar-refractivity contribution is 7.91. The molecule has 1 fully saturated rings. The SMILES string of the molecule is CC(C)(C)OC(=O)N(CCc1ccc(S(=O)(=O)c2ccc(N)c(C(=O)O)c2)cc1)C[C@@H](OC1CCCCO1)c1cccc(Cl)c1. The molecule has 12 heteroatoms. The lowest BCUT2D eigenvalue weighted by Gasteiger charge is -2.33. The summed E-state index contributed by atoms with van der Waals surface area (Å²) in [4.78, 5) is 26.3. The highest BCUT2D eigenvalue weighted by atomic mass is 35.5. The fourth-order valence-electron chi connectivity index (χ4n) is 4.84. The van der Waals surface area contributed by atoms with Crippen LogP contribution in [0, 0.1) is 0 Å². The molecule has 3 aromatic carbocycles. The Bertz CT molecular complexity index is 1600. The third-order valence-corrected chi connectivity index (χ3v) is 9.18. The molecular weight excluding hydrogens is 620 g/mol. The van der Waals surface area contributed by atoms with Gasteiger partial charge < -0.3 is 30.0 Å². The van der Waals surface area contributed by atoms with Crippen molar-refractivity contribution in [2.45, 2.75) is 74.2 Å². The van der Waals surface area contributed by atoms with Gasteiger partial charge >= 0.3 is 12.1 Å². The fraction of sp³-hybridized carbons (Fsp3) is 0.394. The number of carbonyl (C=O) groups excluding carboxylic acids is 1. The second-order valence-corrected chi connectivity index (χ2v) is 14.2. The third kappa shape index (κ3) is 9.43. The maximum absolute atomic E-state index is 13.4. The van der Waals surface area contributed by atoms with Crippen molar-refractivity contribution < 1.29 is 37.3 Å². The average Bonchev–Trinajstić information content (AvgIpc) is 2.98. The molecule has 45 heavy (non-hydrogen) atoms. The van der Waals surface area contributed by atoms with Gasteiger partial charge in [-0.3, -0.25) is 0 Å². The molecule has 3 aromatic rings. The minimum Gasteiger partial charge on any atom is -0.478 e. The van der Waals surface area contributed by atoms with Crippen molar-refractivity contribution in [2.75, 3.05) is 25.4 Å². The number of nitrogen functional groups attached to an aromatic ring is 1. The van der Waals surface area contributed by atoms with E-state index >= 15 is 0 Å². The average molecular weight is 659 g/mol. The predicted octanol–water partition coefficient (Wildman–Crippen LogP) is 6.52. The molecule has 1 aliphatic rings. The number of aromatic carboxylic acids is 1. The van der Waals surface area contributed by atoms with Crippen molar-refractivity contribution in [3.8, 4) is 0 Å². The van der Waals surface area contributed by atoms with Gasteiger partial charge in [0.15, 0.2) is 6.29 Å². The summed E-state index contributed by atoms with van der Waals surface area (Å²) in [5.74, 6) is -1.32. The number of carbonyl (C=O) groups is 2. The number of carboxylic acid groups (broad SMARTS) is 1. The number of hydrogen-bond acceptors (Lipinski definition) is 8. The normalized spacial score (nSPS) is 16.1. The van der Waals surface area contributed by atoms with E-state index in [1.54, 1.807) is 43.9 Å². The van der Waals surface area contributed by atoms with Crippen molar-refractivity contribution in [1.82, 2.24) is 4.90 Å². The summed E-state index contributed by atoms with van der Waals surface area (Å²) in [6.45, 7) is 6.42. The van der Waals surface area contributed by atoms with Gasteiger partial charge in [-0.05, 0) is 100 Å². The van der Waals surface area contributed by atoms with Crippen LogP contribution in [0.4, 0.5) is 10.5 Å². The largest absolute Gasteiger partial charge is 0.478 e. The van der Waals surface area contributed by atoms with Crippen LogP contribution in [-0.4, -0.2) is 62.1 Å². The Morgan fingerprint density at radius 3 is 2.40 bits per heavy atom. The summed E-state index contributed by atoms with van der Waals surface area (Å²) in [6.07, 6.45) is 1.62. The van der Waals surface area contributed by atoms with Crippen molar-refractivity contribution in [1.29, 1.82) is 0 Å². The second-order valence-electron chi connectivity index (χ2n) is 11.9. The number of sulfone groups is 1. The van der Waals surface area contributed by atoms with Crippen LogP contribution in [0.3, 0.4) is 0 Å². The van der Waals surface area contributed by atoms with Crippen molar-refractivity contribution in [3.05, 3.63) is 88.4 Å². The second kappa shape index (κ2) is 14.6. The van der Waals surface area contributed by atoms with E-state index < -0.39 is 39.9 Å². The maximum atomic E-state index is 13.4. The molecule has 0 aromatic heterocycles. The van der Waals surface area contributed by atoms with Crippen LogP contribution in [0.2, 0.25) is 5.02 Å². The molecule has 4 rings (SSSR count). The van der Waals surface area contributed by atoms with Gasteiger partial charge in [0, 0.05) is 23.9 Å². The van der Waals surface area contributed by atoms with Crippen LogP contribution in [-0.2, 0) is 30.5 Å². The lowest BCUT2D eigenvalue weighted by molar-refractivity contribution is -0.192. The number of nitrogens with zero attached hydrogens (tertiary/aromatic N) is 1. The summed E-state index contributed by atoms with van der Waals surface area (Å²) in [7, 11) is -4.00. The van der Waals surface area contributed by atoms with Crippen molar-refractivity contribution in [2.24, 2.45) is 0 Å². The molecule has 2 atom stereocenters. The molecule has 0 radical (unpaired) electrons. The molecular formula is C33H39ClN2O8S. The molecule has 0 bridgehead atoms. The topological polar surface area (TPSA) is 145 Å². The Kier molecular flexibility index (Phi) is 11.1. The molecule has 0 spiro atoms. The number of amides is 1. The van der Waals surface area contributed by atoms with E-state index in [0.29, 0.717) is 18.1 Å². The Labute approximate surface area is 269 Å². The number of carboxylic acids is 1. The molecule has 242 valence electrons. The maximum Gasteiger partial charge on any atom is 0.410 e. The third-order valence-electron chi connectivity index (χ3n) is 7.18. The number of hydrogen-bond donors (Lipinski definition) is 2. The van der Waals surface area contributed by atoms with Crippen LogP contribution in [0.1, 0.15) is 67.6 Å². The molecule has 0 aliphatic carbocycles. The standard InChI is InChI=1S/C33H39ClN2O8S/c1-33(2,3)44-32(39)36(21-29(23-7-6-8-24(34)19-23)43-30-9-4-5-18-42-30)17-16-22-10-12-25(13-11-22)45(40,41)26-14-15-28(35)27(20-26)31(37)38/h6-8,10-15,19-20,29-30H,4-5,9,16-18,21,35H2,1-3H3,(H,37,38)/t29-,30?/m1/s1. The quantitative estimate of drug-likeness (QED) is 0.220. The van der Waals surface area contributed by atoms with E-state index in [1.165, 1.54) is 24.3 Å². The molecule has 1 unspecified atom stereocenters. The van der Waals surface area contributed by atoms with Gasteiger partial charge in [0.2, 0.25) is 9.84 Å². The number of rotatable bonds is 11. The van der Waals surface area contributed by atoms with Crippen LogP contribution in [0.15, 0.2) is 76.5 Å². The van der Waals surface area contributed by atoms with E-state index in [2.05, 4.69) is 0 Å². The lowest BCUT2D eigenvalue weighted by atomic mass is 10.1. The van der Waals surface area contributed by atoms with Crippen molar-refractivity contribution >= 4 is 39.2 Å². The molecule has 1 amide bonds. The number of ether oxygens (including phenoxy) is 3. The molecule has 1 aliphatic heterocycles. The first kappa shape index (κ1) is 34.2. The smallest absolute Gasteiger partial charge is 0.410 e. The highest BCUT2D eigenvalue weighted by Crippen LogP contribution is 2.28. The number of halogens is 1. The van der Waals surface area contributed by atoms with Crippen LogP contribution in [0.5, 0.6) is 0 Å². The predicted molar refractivity (Wildman–Crippen MR) is 170 cm³/mol. The van der Waals surface area contributed by atoms with Gasteiger partial charge in [-0.15, -0.1) is 0 Å². The first-order chi connectivity index (χ1) is 21.2. The first-order valence-corrected chi connectivity index (χ1v) is 16.6. The summed E-state index contributed by atoms with van der Waals surface area (Å²) in [6, 6.07) is 17.1. The molecule has 10 nitrogen and oxygen atoms in total. The van der Waals surface area contributed by atoms with E-state index in [4.69, 9.17) is 31.5 Å². The Hall–Kier alpha value is -3.64. The summed E-state index contributed by atoms with van der Waals surface area (Å²) in [5, 5.41) is 9.89.